The van der Waals surface area contributed by atoms with Gasteiger partial charge in [-0.1, -0.05) is 229 Å². The number of hydrogen-bond acceptors (Lipinski definition) is 2. The average molecular weight is 908 g/mol. The minimum Gasteiger partial charge on any atom is -0.310 e. The van der Waals surface area contributed by atoms with E-state index in [1.165, 1.54) is 81.4 Å². The Bertz CT molecular complexity index is 3340. The Kier molecular flexibility index (Phi) is 14.2. The molecular weight excluding hydrogens is 851 g/mol. The van der Waals surface area contributed by atoms with Gasteiger partial charge in [0, 0.05) is 37.2 Å². The molecule has 1 nitrogen and oxygen atoms in total. The van der Waals surface area contributed by atoms with Crippen LogP contribution in [0.25, 0.3) is 42.4 Å². The van der Waals surface area contributed by atoms with Crippen molar-refractivity contribution >= 4 is 48.6 Å². The molecule has 10 aromatic carbocycles. The van der Waals surface area contributed by atoms with Gasteiger partial charge in [0.2, 0.25) is 0 Å². The van der Waals surface area contributed by atoms with E-state index in [2.05, 4.69) is 251 Å². The van der Waals surface area contributed by atoms with Gasteiger partial charge in [-0.15, -0.1) is 17.9 Å². The van der Waals surface area contributed by atoms with Crippen LogP contribution in [0.2, 0.25) is 0 Å². The summed E-state index contributed by atoms with van der Waals surface area (Å²) in [6, 6.07) is 92.2. The van der Waals surface area contributed by atoms with Crippen molar-refractivity contribution in [2.24, 2.45) is 0 Å². The Balaban J connectivity index is 0.000000296. The molecular formula is C67H57NS. The highest BCUT2D eigenvalue weighted by Gasteiger charge is 2.46. The number of fused-ring (bicyclic) bond motifs is 6. The number of nitrogens with zero attached hydrogens (tertiary/aromatic N) is 1. The van der Waals surface area contributed by atoms with E-state index in [-0.39, 0.29) is 0 Å². The first-order valence-electron chi connectivity index (χ1n) is 23.7. The maximum Gasteiger partial charge on any atom is 0.0714 e. The topological polar surface area (TPSA) is 3.24 Å². The van der Waals surface area contributed by atoms with Crippen molar-refractivity contribution in [2.45, 2.75) is 33.1 Å². The van der Waals surface area contributed by atoms with Crippen LogP contribution < -0.4 is 4.90 Å². The molecule has 0 spiro atoms. The third-order valence-electron chi connectivity index (χ3n) is 12.7. The first kappa shape index (κ1) is 46.1. The van der Waals surface area contributed by atoms with Crippen LogP contribution in [0, 0.1) is 20.8 Å². The number of allylic oxidation sites excluding steroid dienone is 1. The Morgan fingerprint density at radius 1 is 0.377 bits per heavy atom. The molecule has 1 aliphatic rings. The zero-order valence-electron chi connectivity index (χ0n) is 39.9. The lowest BCUT2D eigenvalue weighted by atomic mass is 9.67. The summed E-state index contributed by atoms with van der Waals surface area (Å²) in [6.45, 7) is 11.6. The van der Waals surface area contributed by atoms with Crippen LogP contribution in [0.1, 0.15) is 45.9 Å². The van der Waals surface area contributed by atoms with E-state index in [1.807, 2.05) is 54.7 Å². The second kappa shape index (κ2) is 21.3. The minimum atomic E-state index is -0.472. The largest absolute Gasteiger partial charge is 0.310 e. The zero-order chi connectivity index (χ0) is 47.6. The van der Waals surface area contributed by atoms with Crippen LogP contribution in [-0.4, -0.2) is 0 Å². The minimum absolute atomic E-state index is 0.472. The predicted molar refractivity (Wildman–Crippen MR) is 300 cm³/mol. The fourth-order valence-electron chi connectivity index (χ4n) is 9.54. The van der Waals surface area contributed by atoms with E-state index in [1.54, 1.807) is 6.08 Å². The lowest BCUT2D eigenvalue weighted by Crippen LogP contribution is -2.28. The maximum atomic E-state index is 3.36. The molecule has 0 atom stereocenters. The van der Waals surface area contributed by atoms with Crippen molar-refractivity contribution in [3.05, 3.63) is 306 Å². The van der Waals surface area contributed by atoms with E-state index < -0.39 is 5.41 Å². The summed E-state index contributed by atoms with van der Waals surface area (Å²) in [7, 11) is 0. The quantitative estimate of drug-likeness (QED) is 0.150. The molecule has 0 N–H and O–H groups in total. The second-order valence-corrected chi connectivity index (χ2v) is 18.6. The molecule has 0 saturated carbocycles. The highest BCUT2D eigenvalue weighted by atomic mass is 32.1. The Morgan fingerprint density at radius 2 is 0.841 bits per heavy atom. The molecule has 0 radical (unpaired) electrons. The van der Waals surface area contributed by atoms with Gasteiger partial charge in [0.25, 0.3) is 0 Å². The second-order valence-electron chi connectivity index (χ2n) is 17.5. The van der Waals surface area contributed by atoms with E-state index in [9.17, 15) is 0 Å². The van der Waals surface area contributed by atoms with Crippen LogP contribution in [0.4, 0.5) is 17.1 Å². The molecule has 1 heterocycles. The molecule has 12 rings (SSSR count). The van der Waals surface area contributed by atoms with E-state index in [0.29, 0.717) is 0 Å². The number of hydrogen-bond donors (Lipinski definition) is 0. The van der Waals surface area contributed by atoms with Crippen LogP contribution in [0.3, 0.4) is 0 Å². The van der Waals surface area contributed by atoms with Gasteiger partial charge < -0.3 is 4.90 Å². The molecule has 0 bridgehead atoms. The first-order chi connectivity index (χ1) is 33.9. The number of rotatable bonds is 6. The highest BCUT2D eigenvalue weighted by Crippen LogP contribution is 2.57. The van der Waals surface area contributed by atoms with Crippen molar-refractivity contribution in [3.63, 3.8) is 0 Å². The molecule has 0 aliphatic heterocycles. The maximum absolute atomic E-state index is 3.36. The van der Waals surface area contributed by atoms with Crippen LogP contribution >= 0.6 is 11.3 Å². The van der Waals surface area contributed by atoms with Gasteiger partial charge in [0.05, 0.1) is 5.41 Å². The van der Waals surface area contributed by atoms with Crippen molar-refractivity contribution < 1.29 is 0 Å². The molecule has 0 saturated heterocycles. The lowest BCUT2D eigenvalue weighted by molar-refractivity contribution is 0.768. The average Bonchev–Trinajstić information content (AvgIpc) is 3.91. The number of anilines is 3. The fourth-order valence-corrected chi connectivity index (χ4v) is 10.7. The SMILES string of the molecule is C=CC.Cc1ccc2sc3cc(N(c4ccc(-c5ccccc5)cc4)c4ccc5c(c4)C(c4ccccc4)(c4ccccc4)c4ccccc4-5)ccc3c2c1.Cc1ccccc1.Cc1ccccc1. The summed E-state index contributed by atoms with van der Waals surface area (Å²) in [5.41, 5.74) is 17.0. The Labute approximate surface area is 413 Å². The smallest absolute Gasteiger partial charge is 0.0714 e. The van der Waals surface area contributed by atoms with E-state index in [0.717, 1.165) is 17.1 Å². The molecule has 69 heavy (non-hydrogen) atoms. The van der Waals surface area contributed by atoms with E-state index >= 15 is 0 Å². The molecule has 11 aromatic rings. The molecule has 0 amide bonds. The van der Waals surface area contributed by atoms with Gasteiger partial charge in [-0.25, -0.2) is 0 Å². The Morgan fingerprint density at radius 3 is 1.41 bits per heavy atom. The summed E-state index contributed by atoms with van der Waals surface area (Å²) in [4.78, 5) is 2.44. The summed E-state index contributed by atoms with van der Waals surface area (Å²) in [5, 5.41) is 2.64. The van der Waals surface area contributed by atoms with Gasteiger partial charge in [0.1, 0.15) is 0 Å². The fraction of sp³-hybridized carbons (Fsp3) is 0.0746. The molecule has 0 fully saturated rings. The molecule has 336 valence electrons. The molecule has 1 aliphatic carbocycles. The van der Waals surface area contributed by atoms with Gasteiger partial charge >= 0.3 is 0 Å². The van der Waals surface area contributed by atoms with Crippen molar-refractivity contribution in [2.75, 3.05) is 4.90 Å². The molecule has 2 heteroatoms. The normalized spacial score (nSPS) is 11.7. The summed E-state index contributed by atoms with van der Waals surface area (Å²) in [6.07, 6.45) is 1.75. The summed E-state index contributed by atoms with van der Waals surface area (Å²) >= 11 is 1.87. The van der Waals surface area contributed by atoms with Gasteiger partial charge in [-0.3, -0.25) is 0 Å². The van der Waals surface area contributed by atoms with Crippen molar-refractivity contribution in [3.8, 4) is 22.3 Å². The Hall–Kier alpha value is -8.04. The molecule has 1 aromatic heterocycles. The molecule has 0 unspecified atom stereocenters. The monoisotopic (exact) mass is 907 g/mol. The highest BCUT2D eigenvalue weighted by molar-refractivity contribution is 7.25. The van der Waals surface area contributed by atoms with Crippen molar-refractivity contribution in [1.29, 1.82) is 0 Å². The van der Waals surface area contributed by atoms with Crippen molar-refractivity contribution in [1.82, 2.24) is 0 Å². The number of benzene rings is 10. The lowest BCUT2D eigenvalue weighted by Gasteiger charge is -2.35. The predicted octanol–water partition coefficient (Wildman–Crippen LogP) is 19.0. The van der Waals surface area contributed by atoms with Gasteiger partial charge in [-0.2, -0.15) is 0 Å². The summed E-state index contributed by atoms with van der Waals surface area (Å²) in [5.74, 6) is 0. The van der Waals surface area contributed by atoms with Crippen LogP contribution in [0.15, 0.2) is 267 Å². The third kappa shape index (κ3) is 9.72. The number of aryl methyl sites for hydroxylation is 3. The van der Waals surface area contributed by atoms with Crippen LogP contribution in [-0.2, 0) is 5.41 Å². The van der Waals surface area contributed by atoms with Gasteiger partial charge in [0.15, 0.2) is 0 Å². The van der Waals surface area contributed by atoms with Crippen LogP contribution in [0.5, 0.6) is 0 Å². The third-order valence-corrected chi connectivity index (χ3v) is 13.8. The first-order valence-corrected chi connectivity index (χ1v) is 24.5. The summed E-state index contributed by atoms with van der Waals surface area (Å²) < 4.78 is 2.61. The standard InChI is InChI=1S/C50H35NS.2C7H8.C3H6/c1-34-21-30-48-45(31-34)44-29-27-41(33-49(44)52-48)51(39-24-22-36(23-25-39)35-13-5-2-6-14-35)40-26-28-43-42-19-11-12-20-46(42)50(47(43)32-40,37-15-7-3-8-16-37)38-17-9-4-10-18-38;2*1-7-5-3-2-4-6-7;1-3-2/h2-33H,1H3;2*2-6H,1H3;3H,1H2,2H3. The van der Waals surface area contributed by atoms with E-state index in [4.69, 9.17) is 0 Å². The van der Waals surface area contributed by atoms with Gasteiger partial charge in [-0.05, 0) is 121 Å². The zero-order valence-corrected chi connectivity index (χ0v) is 40.7. The number of thiophene rings is 1.